The van der Waals surface area contributed by atoms with Crippen molar-refractivity contribution >= 4 is 17.5 Å². The molecule has 118 valence electrons. The number of amides is 2. The number of rotatable bonds is 7. The Morgan fingerprint density at radius 3 is 2.64 bits per heavy atom. The monoisotopic (exact) mass is 304 g/mol. The second-order valence-corrected chi connectivity index (χ2v) is 5.04. The Labute approximate surface area is 129 Å². The minimum atomic E-state index is -0.295. The standard InChI is InChI=1S/C16H20N2O4/c1-4-7-17-15(19)11-9-12(11)16(20)18-13-6-5-10(21-2)8-14(13)22-3/h4-6,8,11-12H,1,7,9H2,2-3H3,(H,17,19)(H,18,20). The van der Waals surface area contributed by atoms with Crippen LogP contribution in [0.4, 0.5) is 5.69 Å². The lowest BCUT2D eigenvalue weighted by molar-refractivity contribution is -0.125. The maximum Gasteiger partial charge on any atom is 0.228 e. The van der Waals surface area contributed by atoms with E-state index in [2.05, 4.69) is 17.2 Å². The van der Waals surface area contributed by atoms with Gasteiger partial charge in [-0.3, -0.25) is 9.59 Å². The van der Waals surface area contributed by atoms with Gasteiger partial charge in [-0.1, -0.05) is 6.08 Å². The molecule has 1 fully saturated rings. The first-order chi connectivity index (χ1) is 10.6. The lowest BCUT2D eigenvalue weighted by Gasteiger charge is -2.11. The van der Waals surface area contributed by atoms with Crippen molar-refractivity contribution in [3.63, 3.8) is 0 Å². The van der Waals surface area contributed by atoms with Gasteiger partial charge in [0.1, 0.15) is 11.5 Å². The lowest BCUT2D eigenvalue weighted by Crippen LogP contribution is -2.27. The lowest BCUT2D eigenvalue weighted by atomic mass is 10.2. The largest absolute Gasteiger partial charge is 0.497 e. The quantitative estimate of drug-likeness (QED) is 0.750. The van der Waals surface area contributed by atoms with E-state index in [1.165, 1.54) is 7.11 Å². The van der Waals surface area contributed by atoms with Crippen LogP contribution in [0.15, 0.2) is 30.9 Å². The molecule has 1 aromatic carbocycles. The second-order valence-electron chi connectivity index (χ2n) is 5.04. The molecule has 0 heterocycles. The Balaban J connectivity index is 1.96. The van der Waals surface area contributed by atoms with Gasteiger partial charge in [-0.2, -0.15) is 0 Å². The van der Waals surface area contributed by atoms with Crippen LogP contribution in [0, 0.1) is 11.8 Å². The first kappa shape index (κ1) is 15.9. The van der Waals surface area contributed by atoms with Crippen molar-refractivity contribution < 1.29 is 19.1 Å². The molecule has 1 saturated carbocycles. The van der Waals surface area contributed by atoms with Gasteiger partial charge in [0.2, 0.25) is 11.8 Å². The molecule has 0 spiro atoms. The fourth-order valence-electron chi connectivity index (χ4n) is 2.21. The maximum atomic E-state index is 12.2. The molecule has 1 aliphatic rings. The smallest absolute Gasteiger partial charge is 0.228 e. The summed E-state index contributed by atoms with van der Waals surface area (Å²) in [4.78, 5) is 23.9. The first-order valence-corrected chi connectivity index (χ1v) is 7.02. The van der Waals surface area contributed by atoms with Gasteiger partial charge in [0.25, 0.3) is 0 Å². The fraction of sp³-hybridized carbons (Fsp3) is 0.375. The normalized spacial score (nSPS) is 19.0. The topological polar surface area (TPSA) is 76.7 Å². The van der Waals surface area contributed by atoms with Crippen LogP contribution >= 0.6 is 0 Å². The van der Waals surface area contributed by atoms with Crippen molar-refractivity contribution in [2.24, 2.45) is 11.8 Å². The molecule has 6 nitrogen and oxygen atoms in total. The minimum Gasteiger partial charge on any atom is -0.497 e. The molecule has 0 bridgehead atoms. The number of ether oxygens (including phenoxy) is 2. The Bertz CT molecular complexity index is 586. The number of carbonyl (C=O) groups is 2. The van der Waals surface area contributed by atoms with Gasteiger partial charge in [0, 0.05) is 12.6 Å². The molecule has 0 aliphatic heterocycles. The van der Waals surface area contributed by atoms with E-state index >= 15 is 0 Å². The molecule has 2 N–H and O–H groups in total. The molecule has 0 radical (unpaired) electrons. The molecule has 22 heavy (non-hydrogen) atoms. The maximum absolute atomic E-state index is 12.2. The second kappa shape index (κ2) is 6.98. The predicted octanol–water partition coefficient (Wildman–Crippen LogP) is 1.58. The zero-order chi connectivity index (χ0) is 16.1. The molecule has 0 aromatic heterocycles. The third-order valence-corrected chi connectivity index (χ3v) is 3.55. The number of hydrogen-bond donors (Lipinski definition) is 2. The van der Waals surface area contributed by atoms with E-state index < -0.39 is 0 Å². The summed E-state index contributed by atoms with van der Waals surface area (Å²) in [5.41, 5.74) is 0.561. The molecule has 0 saturated heterocycles. The highest BCUT2D eigenvalue weighted by atomic mass is 16.5. The molecule has 2 atom stereocenters. The third kappa shape index (κ3) is 3.58. The van der Waals surface area contributed by atoms with Gasteiger partial charge in [0.05, 0.1) is 31.7 Å². The van der Waals surface area contributed by atoms with Crippen molar-refractivity contribution in [1.29, 1.82) is 0 Å². The molecule has 2 rings (SSSR count). The Hall–Kier alpha value is -2.50. The molecule has 1 aromatic rings. The van der Waals surface area contributed by atoms with Crippen LogP contribution in [-0.2, 0) is 9.59 Å². The summed E-state index contributed by atoms with van der Waals surface area (Å²) in [6, 6.07) is 5.14. The summed E-state index contributed by atoms with van der Waals surface area (Å²) in [6.45, 7) is 3.95. The predicted molar refractivity (Wildman–Crippen MR) is 83.0 cm³/mol. The van der Waals surface area contributed by atoms with E-state index in [-0.39, 0.29) is 23.7 Å². The van der Waals surface area contributed by atoms with Crippen LogP contribution < -0.4 is 20.1 Å². The van der Waals surface area contributed by atoms with Crippen LogP contribution in [0.5, 0.6) is 11.5 Å². The molecule has 2 unspecified atom stereocenters. The minimum absolute atomic E-state index is 0.109. The molecule has 1 aliphatic carbocycles. The third-order valence-electron chi connectivity index (χ3n) is 3.55. The number of carbonyl (C=O) groups excluding carboxylic acids is 2. The Kier molecular flexibility index (Phi) is 5.04. The highest BCUT2D eigenvalue weighted by Gasteiger charge is 2.47. The highest BCUT2D eigenvalue weighted by Crippen LogP contribution is 2.40. The Morgan fingerprint density at radius 1 is 1.27 bits per heavy atom. The van der Waals surface area contributed by atoms with Gasteiger partial charge in [-0.25, -0.2) is 0 Å². The molecular formula is C16H20N2O4. The summed E-state index contributed by atoms with van der Waals surface area (Å²) < 4.78 is 10.3. The van der Waals surface area contributed by atoms with E-state index in [1.807, 2.05) is 0 Å². The SMILES string of the molecule is C=CCNC(=O)C1CC1C(=O)Nc1ccc(OC)cc1OC. The first-order valence-electron chi connectivity index (χ1n) is 7.02. The zero-order valence-electron chi connectivity index (χ0n) is 12.7. The van der Waals surface area contributed by atoms with Crippen LogP contribution in [-0.4, -0.2) is 32.6 Å². The van der Waals surface area contributed by atoms with Gasteiger partial charge in [-0.15, -0.1) is 6.58 Å². The summed E-state index contributed by atoms with van der Waals surface area (Å²) in [5.74, 6) is 0.314. The average Bonchev–Trinajstić information content (AvgIpc) is 3.33. The van der Waals surface area contributed by atoms with Gasteiger partial charge in [-0.05, 0) is 18.6 Å². The van der Waals surface area contributed by atoms with E-state index in [0.717, 1.165) is 0 Å². The summed E-state index contributed by atoms with van der Waals surface area (Å²) in [5, 5.41) is 5.50. The average molecular weight is 304 g/mol. The molecule has 6 heteroatoms. The van der Waals surface area contributed by atoms with Crippen LogP contribution in [0.3, 0.4) is 0 Å². The zero-order valence-corrected chi connectivity index (χ0v) is 12.7. The number of benzene rings is 1. The van der Waals surface area contributed by atoms with Gasteiger partial charge < -0.3 is 20.1 Å². The number of nitrogens with one attached hydrogen (secondary N) is 2. The van der Waals surface area contributed by atoms with Crippen LogP contribution in [0.25, 0.3) is 0 Å². The van der Waals surface area contributed by atoms with Crippen molar-refractivity contribution in [2.45, 2.75) is 6.42 Å². The van der Waals surface area contributed by atoms with Crippen molar-refractivity contribution in [2.75, 3.05) is 26.1 Å². The van der Waals surface area contributed by atoms with E-state index in [1.54, 1.807) is 31.4 Å². The van der Waals surface area contributed by atoms with Crippen LogP contribution in [0.2, 0.25) is 0 Å². The molecule has 2 amide bonds. The molecular weight excluding hydrogens is 284 g/mol. The Morgan fingerprint density at radius 2 is 2.00 bits per heavy atom. The summed E-state index contributed by atoms with van der Waals surface area (Å²) >= 11 is 0. The van der Waals surface area contributed by atoms with Gasteiger partial charge in [0.15, 0.2) is 0 Å². The van der Waals surface area contributed by atoms with Crippen LogP contribution in [0.1, 0.15) is 6.42 Å². The van der Waals surface area contributed by atoms with Crippen molar-refractivity contribution in [3.8, 4) is 11.5 Å². The summed E-state index contributed by atoms with van der Waals surface area (Å²) in [7, 11) is 3.08. The van der Waals surface area contributed by atoms with Crippen molar-refractivity contribution in [1.82, 2.24) is 5.32 Å². The number of methoxy groups -OCH3 is 2. The van der Waals surface area contributed by atoms with E-state index in [0.29, 0.717) is 30.2 Å². The van der Waals surface area contributed by atoms with Gasteiger partial charge >= 0.3 is 0 Å². The van der Waals surface area contributed by atoms with E-state index in [9.17, 15) is 9.59 Å². The van der Waals surface area contributed by atoms with E-state index in [4.69, 9.17) is 9.47 Å². The summed E-state index contributed by atoms with van der Waals surface area (Å²) in [6.07, 6.45) is 2.17. The number of hydrogen-bond acceptors (Lipinski definition) is 4. The highest BCUT2D eigenvalue weighted by molar-refractivity contribution is 6.00. The fourth-order valence-corrected chi connectivity index (χ4v) is 2.21. The van der Waals surface area contributed by atoms with Crippen molar-refractivity contribution in [3.05, 3.63) is 30.9 Å². The number of anilines is 1.